The predicted molar refractivity (Wildman–Crippen MR) is 81.6 cm³/mol. The first kappa shape index (κ1) is 14.6. The van der Waals surface area contributed by atoms with E-state index >= 15 is 0 Å². The highest BCUT2D eigenvalue weighted by Crippen LogP contribution is 2.39. The van der Waals surface area contributed by atoms with Gasteiger partial charge in [-0.25, -0.2) is 0 Å². The molecule has 2 unspecified atom stereocenters. The first-order valence-electron chi connectivity index (χ1n) is 7.66. The zero-order valence-electron chi connectivity index (χ0n) is 12.3. The van der Waals surface area contributed by atoms with E-state index in [-0.39, 0.29) is 11.8 Å². The smallest absolute Gasteiger partial charge is 0.311 e. The maximum absolute atomic E-state index is 12.8. The zero-order valence-corrected chi connectivity index (χ0v) is 13.1. The summed E-state index contributed by atoms with van der Waals surface area (Å²) >= 11 is 1.73. The van der Waals surface area contributed by atoms with Gasteiger partial charge in [0.1, 0.15) is 0 Å². The highest BCUT2D eigenvalue weighted by atomic mass is 32.1. The van der Waals surface area contributed by atoms with Crippen molar-refractivity contribution in [1.29, 1.82) is 0 Å². The largest absolute Gasteiger partial charge is 0.481 e. The summed E-state index contributed by atoms with van der Waals surface area (Å²) in [6.45, 7) is 2.85. The Morgan fingerprint density at radius 2 is 2.33 bits per heavy atom. The molecule has 114 valence electrons. The number of carbonyl (C=O) groups excluding carboxylic acids is 1. The Morgan fingerprint density at radius 1 is 1.52 bits per heavy atom. The van der Waals surface area contributed by atoms with Gasteiger partial charge in [-0.3, -0.25) is 9.59 Å². The van der Waals surface area contributed by atoms with E-state index < -0.39 is 11.4 Å². The molecule has 3 rings (SSSR count). The van der Waals surface area contributed by atoms with E-state index in [9.17, 15) is 14.7 Å². The number of fused-ring (bicyclic) bond motifs is 1. The Hall–Kier alpha value is -1.36. The lowest BCUT2D eigenvalue weighted by atomic mass is 9.84. The summed E-state index contributed by atoms with van der Waals surface area (Å²) in [5.41, 5.74) is 0.447. The molecule has 0 spiro atoms. The van der Waals surface area contributed by atoms with Crippen LogP contribution in [0.1, 0.15) is 49.0 Å². The number of carboxylic acids is 1. The quantitative estimate of drug-likeness (QED) is 0.934. The molecule has 2 aliphatic rings. The summed E-state index contributed by atoms with van der Waals surface area (Å²) in [6, 6.07) is 2.07. The number of aryl methyl sites for hydroxylation is 1. The molecule has 5 heteroatoms. The summed E-state index contributed by atoms with van der Waals surface area (Å²) in [6.07, 6.45) is 4.18. The van der Waals surface area contributed by atoms with Gasteiger partial charge in [0.25, 0.3) is 0 Å². The van der Waals surface area contributed by atoms with Crippen LogP contribution in [0.15, 0.2) is 11.4 Å². The van der Waals surface area contributed by atoms with Crippen LogP contribution in [0.5, 0.6) is 0 Å². The second-order valence-corrected chi connectivity index (χ2v) is 7.19. The van der Waals surface area contributed by atoms with E-state index in [1.165, 1.54) is 10.4 Å². The van der Waals surface area contributed by atoms with Crippen LogP contribution in [0.2, 0.25) is 0 Å². The third-order valence-electron chi connectivity index (χ3n) is 5.15. The summed E-state index contributed by atoms with van der Waals surface area (Å²) < 4.78 is 0. The van der Waals surface area contributed by atoms with Crippen LogP contribution in [0.25, 0.3) is 0 Å². The van der Waals surface area contributed by atoms with Crippen LogP contribution in [0.3, 0.4) is 0 Å². The van der Waals surface area contributed by atoms with Gasteiger partial charge >= 0.3 is 5.97 Å². The topological polar surface area (TPSA) is 57.6 Å². The molecule has 0 aromatic carbocycles. The van der Waals surface area contributed by atoms with Gasteiger partial charge in [-0.1, -0.05) is 6.92 Å². The molecule has 1 aliphatic carbocycles. The Kier molecular flexibility index (Phi) is 3.78. The van der Waals surface area contributed by atoms with E-state index in [1.807, 2.05) is 6.92 Å². The van der Waals surface area contributed by atoms with E-state index in [0.717, 1.165) is 19.3 Å². The van der Waals surface area contributed by atoms with Crippen LogP contribution < -0.4 is 0 Å². The zero-order chi connectivity index (χ0) is 15.0. The minimum atomic E-state index is -0.764. The number of carbonyl (C=O) groups is 2. The Labute approximate surface area is 128 Å². The molecule has 21 heavy (non-hydrogen) atoms. The molecular weight excluding hydrogens is 286 g/mol. The molecule has 1 aromatic heterocycles. The maximum atomic E-state index is 12.8. The molecule has 1 N–H and O–H groups in total. The maximum Gasteiger partial charge on any atom is 0.311 e. The number of rotatable bonds is 3. The number of amides is 1. The fourth-order valence-corrected chi connectivity index (χ4v) is 4.63. The van der Waals surface area contributed by atoms with Gasteiger partial charge in [0.15, 0.2) is 0 Å². The van der Waals surface area contributed by atoms with E-state index in [4.69, 9.17) is 0 Å². The van der Waals surface area contributed by atoms with Crippen LogP contribution in [0.4, 0.5) is 0 Å². The summed E-state index contributed by atoms with van der Waals surface area (Å²) in [7, 11) is 0. The summed E-state index contributed by atoms with van der Waals surface area (Å²) in [4.78, 5) is 27.5. The Bertz CT molecular complexity index is 568. The lowest BCUT2D eigenvalue weighted by molar-refractivity contribution is -0.148. The highest BCUT2D eigenvalue weighted by Gasteiger charge is 2.46. The van der Waals surface area contributed by atoms with Crippen molar-refractivity contribution in [2.75, 3.05) is 13.1 Å². The average molecular weight is 307 g/mol. The average Bonchev–Trinajstić information content (AvgIpc) is 3.13. The van der Waals surface area contributed by atoms with Gasteiger partial charge < -0.3 is 10.0 Å². The molecule has 0 bridgehead atoms. The minimum absolute atomic E-state index is 0.0542. The van der Waals surface area contributed by atoms with E-state index in [2.05, 4.69) is 11.4 Å². The molecule has 0 saturated carbocycles. The number of likely N-dealkylation sites (tertiary alicyclic amines) is 1. The molecule has 2 atom stereocenters. The second-order valence-electron chi connectivity index (χ2n) is 6.19. The fraction of sp³-hybridized carbons (Fsp3) is 0.625. The standard InChI is InChI=1S/C16H21NO3S/c1-2-16(15(19)20)7-8-17(10-16)14(18)12-4-3-5-13-11(12)6-9-21-13/h6,9,12H,2-5,7-8,10H2,1H3,(H,19,20). The van der Waals surface area contributed by atoms with Crippen molar-refractivity contribution in [3.63, 3.8) is 0 Å². The van der Waals surface area contributed by atoms with Gasteiger partial charge in [0.05, 0.1) is 11.3 Å². The number of hydrogen-bond donors (Lipinski definition) is 1. The molecule has 0 radical (unpaired) electrons. The number of nitrogens with zero attached hydrogens (tertiary/aromatic N) is 1. The normalized spacial score (nSPS) is 28.4. The molecule has 1 amide bonds. The van der Waals surface area contributed by atoms with Crippen molar-refractivity contribution >= 4 is 23.2 Å². The Morgan fingerprint density at radius 3 is 3.00 bits per heavy atom. The second kappa shape index (κ2) is 5.44. The van der Waals surface area contributed by atoms with Crippen molar-refractivity contribution in [3.05, 3.63) is 21.9 Å². The van der Waals surface area contributed by atoms with Crippen molar-refractivity contribution in [2.45, 2.75) is 44.9 Å². The molecule has 2 heterocycles. The molecule has 1 saturated heterocycles. The SMILES string of the molecule is CCC1(C(=O)O)CCN(C(=O)C2CCCc3sccc32)C1. The van der Waals surface area contributed by atoms with Crippen LogP contribution in [-0.2, 0) is 16.0 Å². The number of aliphatic carboxylic acids is 1. The van der Waals surface area contributed by atoms with Gasteiger partial charge in [0, 0.05) is 18.0 Å². The highest BCUT2D eigenvalue weighted by molar-refractivity contribution is 7.10. The lowest BCUT2D eigenvalue weighted by Gasteiger charge is -2.28. The Balaban J connectivity index is 1.78. The van der Waals surface area contributed by atoms with Gasteiger partial charge in [-0.05, 0) is 49.1 Å². The molecule has 1 aromatic rings. The van der Waals surface area contributed by atoms with Crippen molar-refractivity contribution in [2.24, 2.45) is 5.41 Å². The van der Waals surface area contributed by atoms with E-state index in [0.29, 0.717) is 25.9 Å². The lowest BCUT2D eigenvalue weighted by Crippen LogP contribution is -2.39. The van der Waals surface area contributed by atoms with Gasteiger partial charge in [0.2, 0.25) is 5.91 Å². The van der Waals surface area contributed by atoms with Gasteiger partial charge in [-0.15, -0.1) is 11.3 Å². The number of thiophene rings is 1. The summed E-state index contributed by atoms with van der Waals surface area (Å²) in [5, 5.41) is 11.5. The third-order valence-corrected chi connectivity index (χ3v) is 6.14. The van der Waals surface area contributed by atoms with Crippen LogP contribution in [-0.4, -0.2) is 35.0 Å². The third kappa shape index (κ3) is 2.37. The number of carboxylic acid groups (broad SMARTS) is 1. The first-order chi connectivity index (χ1) is 10.1. The minimum Gasteiger partial charge on any atom is -0.481 e. The molecule has 4 nitrogen and oxygen atoms in total. The van der Waals surface area contributed by atoms with Crippen molar-refractivity contribution in [1.82, 2.24) is 4.90 Å². The molecule has 1 fully saturated rings. The van der Waals surface area contributed by atoms with Crippen LogP contribution >= 0.6 is 11.3 Å². The first-order valence-corrected chi connectivity index (χ1v) is 8.54. The predicted octanol–water partition coefficient (Wildman–Crippen LogP) is 2.88. The van der Waals surface area contributed by atoms with Crippen LogP contribution in [0, 0.1) is 5.41 Å². The fourth-order valence-electron chi connectivity index (χ4n) is 3.64. The number of hydrogen-bond acceptors (Lipinski definition) is 3. The molecular formula is C16H21NO3S. The van der Waals surface area contributed by atoms with Crippen molar-refractivity contribution < 1.29 is 14.7 Å². The monoisotopic (exact) mass is 307 g/mol. The van der Waals surface area contributed by atoms with Gasteiger partial charge in [-0.2, -0.15) is 0 Å². The summed E-state index contributed by atoms with van der Waals surface area (Å²) in [5.74, 6) is -0.687. The molecule has 1 aliphatic heterocycles. The van der Waals surface area contributed by atoms with E-state index in [1.54, 1.807) is 16.2 Å². The van der Waals surface area contributed by atoms with Crippen molar-refractivity contribution in [3.8, 4) is 0 Å².